The Morgan fingerprint density at radius 2 is 1.64 bits per heavy atom. The van der Waals surface area contributed by atoms with E-state index in [0.29, 0.717) is 5.69 Å². The van der Waals surface area contributed by atoms with E-state index in [4.69, 9.17) is 0 Å². The lowest BCUT2D eigenvalue weighted by atomic mass is 10.2. The molecule has 4 N–H and O–H groups in total. The Morgan fingerprint density at radius 1 is 0.964 bits per heavy atom. The first-order valence-corrected chi connectivity index (χ1v) is 10.0. The van der Waals surface area contributed by atoms with Crippen molar-refractivity contribution in [2.45, 2.75) is 11.8 Å². The van der Waals surface area contributed by atoms with Gasteiger partial charge in [0.05, 0.1) is 4.90 Å². The van der Waals surface area contributed by atoms with Crippen LogP contribution in [0.5, 0.6) is 0 Å². The summed E-state index contributed by atoms with van der Waals surface area (Å²) in [6.45, 7) is 1.53. The normalized spacial score (nSPS) is 10.6. The summed E-state index contributed by atoms with van der Waals surface area (Å²) >= 11 is 0. The third-order valence-corrected chi connectivity index (χ3v) is 4.67. The van der Waals surface area contributed by atoms with Crippen LogP contribution < -0.4 is 21.5 Å². The van der Waals surface area contributed by atoms with Gasteiger partial charge in [-0.3, -0.25) is 20.4 Å². The molecular formula is C18H20N4O5S. The van der Waals surface area contributed by atoms with Gasteiger partial charge in [-0.25, -0.2) is 13.2 Å². The van der Waals surface area contributed by atoms with Gasteiger partial charge in [-0.2, -0.15) is 0 Å². The predicted molar refractivity (Wildman–Crippen MR) is 103 cm³/mol. The van der Waals surface area contributed by atoms with E-state index in [1.165, 1.54) is 24.3 Å². The van der Waals surface area contributed by atoms with E-state index in [9.17, 15) is 22.8 Å². The SMILES string of the molecule is Cc1cccc(NC(=O)NCC(=O)NNC(=O)c2ccc(S(C)(=O)=O)cc2)c1. The molecule has 10 heteroatoms. The number of hydrogen-bond acceptors (Lipinski definition) is 5. The van der Waals surface area contributed by atoms with Crippen molar-refractivity contribution in [1.29, 1.82) is 0 Å². The first-order chi connectivity index (χ1) is 13.1. The van der Waals surface area contributed by atoms with Crippen LogP contribution in [0.15, 0.2) is 53.4 Å². The molecule has 148 valence electrons. The fourth-order valence-electron chi connectivity index (χ4n) is 2.16. The molecule has 0 fully saturated rings. The maximum absolute atomic E-state index is 11.9. The lowest BCUT2D eigenvalue weighted by Gasteiger charge is -2.10. The first-order valence-electron chi connectivity index (χ1n) is 8.16. The lowest BCUT2D eigenvalue weighted by molar-refractivity contribution is -0.120. The quantitative estimate of drug-likeness (QED) is 0.551. The third kappa shape index (κ3) is 6.40. The standard InChI is InChI=1S/C18H20N4O5S/c1-12-4-3-5-14(10-12)20-18(25)19-11-16(23)21-22-17(24)13-6-8-15(9-7-13)28(2,26)27/h3-10H,11H2,1-2H3,(H,21,23)(H,22,24)(H2,19,20,25). The number of sulfone groups is 1. The van der Waals surface area contributed by atoms with Crippen LogP contribution in [0.4, 0.5) is 10.5 Å². The van der Waals surface area contributed by atoms with E-state index in [1.54, 1.807) is 18.2 Å². The smallest absolute Gasteiger partial charge is 0.319 e. The van der Waals surface area contributed by atoms with Crippen molar-refractivity contribution in [2.75, 3.05) is 18.1 Å². The van der Waals surface area contributed by atoms with Crippen LogP contribution in [0.2, 0.25) is 0 Å². The molecule has 0 spiro atoms. The summed E-state index contributed by atoms with van der Waals surface area (Å²) in [6.07, 6.45) is 1.06. The van der Waals surface area contributed by atoms with Gasteiger partial charge in [0.1, 0.15) is 6.54 Å². The van der Waals surface area contributed by atoms with Gasteiger partial charge >= 0.3 is 6.03 Å². The zero-order valence-electron chi connectivity index (χ0n) is 15.3. The highest BCUT2D eigenvalue weighted by Gasteiger charge is 2.11. The molecule has 0 aromatic heterocycles. The number of nitrogens with one attached hydrogen (secondary N) is 4. The molecule has 28 heavy (non-hydrogen) atoms. The van der Waals surface area contributed by atoms with Crippen molar-refractivity contribution in [3.63, 3.8) is 0 Å². The van der Waals surface area contributed by atoms with Crippen molar-refractivity contribution in [1.82, 2.24) is 16.2 Å². The van der Waals surface area contributed by atoms with Crippen molar-refractivity contribution in [2.24, 2.45) is 0 Å². The number of anilines is 1. The van der Waals surface area contributed by atoms with Crippen LogP contribution in [-0.4, -0.2) is 39.1 Å². The van der Waals surface area contributed by atoms with E-state index in [1.807, 2.05) is 13.0 Å². The summed E-state index contributed by atoms with van der Waals surface area (Å²) in [6, 6.07) is 11.8. The van der Waals surface area contributed by atoms with Crippen molar-refractivity contribution >= 4 is 33.4 Å². The number of carbonyl (C=O) groups is 3. The average molecular weight is 404 g/mol. The number of urea groups is 1. The van der Waals surface area contributed by atoms with Crippen LogP contribution in [0, 0.1) is 6.92 Å². The second kappa shape index (κ2) is 9.00. The molecule has 0 bridgehead atoms. The van der Waals surface area contributed by atoms with E-state index in [2.05, 4.69) is 21.5 Å². The number of hydrazine groups is 1. The van der Waals surface area contributed by atoms with Gasteiger partial charge in [0.25, 0.3) is 11.8 Å². The fraction of sp³-hybridized carbons (Fsp3) is 0.167. The average Bonchev–Trinajstić information content (AvgIpc) is 2.64. The van der Waals surface area contributed by atoms with Gasteiger partial charge in [0, 0.05) is 17.5 Å². The Balaban J connectivity index is 1.77. The summed E-state index contributed by atoms with van der Waals surface area (Å²) in [5, 5.41) is 4.94. The molecule has 2 aromatic carbocycles. The van der Waals surface area contributed by atoms with Gasteiger partial charge in [0.15, 0.2) is 9.84 Å². The topological polar surface area (TPSA) is 133 Å². The number of benzene rings is 2. The lowest BCUT2D eigenvalue weighted by Crippen LogP contribution is -2.47. The van der Waals surface area contributed by atoms with Crippen molar-refractivity contribution < 1.29 is 22.8 Å². The molecule has 0 radical (unpaired) electrons. The van der Waals surface area contributed by atoms with E-state index < -0.39 is 27.7 Å². The molecule has 0 aliphatic carbocycles. The molecular weight excluding hydrogens is 384 g/mol. The molecule has 0 atom stereocenters. The molecule has 2 rings (SSSR count). The number of carbonyl (C=O) groups excluding carboxylic acids is 3. The van der Waals surface area contributed by atoms with Gasteiger partial charge in [-0.1, -0.05) is 12.1 Å². The molecule has 9 nitrogen and oxygen atoms in total. The Bertz CT molecular complexity index is 987. The van der Waals surface area contributed by atoms with Gasteiger partial charge < -0.3 is 10.6 Å². The fourth-order valence-corrected chi connectivity index (χ4v) is 2.79. The van der Waals surface area contributed by atoms with Crippen LogP contribution in [0.1, 0.15) is 15.9 Å². The summed E-state index contributed by atoms with van der Waals surface area (Å²) in [5.74, 6) is -1.27. The van der Waals surface area contributed by atoms with E-state index in [-0.39, 0.29) is 17.0 Å². The maximum Gasteiger partial charge on any atom is 0.319 e. The Kier molecular flexibility index (Phi) is 6.72. The minimum absolute atomic E-state index is 0.0805. The molecule has 0 aliphatic heterocycles. The van der Waals surface area contributed by atoms with E-state index >= 15 is 0 Å². The Labute approximate surface area is 162 Å². The van der Waals surface area contributed by atoms with Crippen LogP contribution in [0.25, 0.3) is 0 Å². The first kappa shape index (κ1) is 20.9. The molecule has 0 saturated heterocycles. The highest BCUT2D eigenvalue weighted by atomic mass is 32.2. The highest BCUT2D eigenvalue weighted by molar-refractivity contribution is 7.90. The van der Waals surface area contributed by atoms with Crippen molar-refractivity contribution in [3.8, 4) is 0 Å². The largest absolute Gasteiger partial charge is 0.329 e. The van der Waals surface area contributed by atoms with E-state index in [0.717, 1.165) is 11.8 Å². The summed E-state index contributed by atoms with van der Waals surface area (Å²) in [4.78, 5) is 35.5. The second-order valence-electron chi connectivity index (χ2n) is 5.98. The van der Waals surface area contributed by atoms with Crippen LogP contribution >= 0.6 is 0 Å². The van der Waals surface area contributed by atoms with Crippen LogP contribution in [0.3, 0.4) is 0 Å². The summed E-state index contributed by atoms with van der Waals surface area (Å²) in [7, 11) is -3.36. The van der Waals surface area contributed by atoms with Crippen molar-refractivity contribution in [3.05, 3.63) is 59.7 Å². The number of amides is 4. The summed E-state index contributed by atoms with van der Waals surface area (Å²) < 4.78 is 22.8. The molecule has 4 amide bonds. The zero-order valence-corrected chi connectivity index (χ0v) is 16.1. The number of hydrogen-bond donors (Lipinski definition) is 4. The minimum Gasteiger partial charge on any atom is -0.329 e. The third-order valence-electron chi connectivity index (χ3n) is 3.55. The van der Waals surface area contributed by atoms with Crippen LogP contribution in [-0.2, 0) is 14.6 Å². The zero-order chi connectivity index (χ0) is 20.7. The van der Waals surface area contributed by atoms with Gasteiger partial charge in [-0.15, -0.1) is 0 Å². The number of aryl methyl sites for hydroxylation is 1. The second-order valence-corrected chi connectivity index (χ2v) is 7.99. The number of rotatable bonds is 5. The molecule has 0 aliphatic rings. The van der Waals surface area contributed by atoms with Gasteiger partial charge in [0.2, 0.25) is 0 Å². The predicted octanol–water partition coefficient (Wildman–Crippen LogP) is 0.981. The molecule has 0 unspecified atom stereocenters. The Hall–Kier alpha value is -3.40. The molecule has 0 saturated carbocycles. The highest BCUT2D eigenvalue weighted by Crippen LogP contribution is 2.10. The monoisotopic (exact) mass is 404 g/mol. The molecule has 0 heterocycles. The van der Waals surface area contributed by atoms with Gasteiger partial charge in [-0.05, 0) is 48.9 Å². The molecule has 2 aromatic rings. The summed E-state index contributed by atoms with van der Waals surface area (Å²) in [5.41, 5.74) is 6.06. The Morgan fingerprint density at radius 3 is 2.25 bits per heavy atom. The minimum atomic E-state index is -3.36. The maximum atomic E-state index is 11.9.